The molecule has 3 rings (SSSR count). The summed E-state index contributed by atoms with van der Waals surface area (Å²) < 4.78 is 7.05. The van der Waals surface area contributed by atoms with E-state index in [1.165, 1.54) is 24.2 Å². The van der Waals surface area contributed by atoms with Gasteiger partial charge in [0.2, 0.25) is 0 Å². The maximum atomic E-state index is 10.5. The fourth-order valence-electron chi connectivity index (χ4n) is 3.19. The van der Waals surface area contributed by atoms with Crippen molar-refractivity contribution in [2.75, 3.05) is 12.4 Å². The Labute approximate surface area is 133 Å². The Balaban J connectivity index is 1.54. The number of aliphatic hydroxyl groups excluding tert-OH is 1. The highest BCUT2D eigenvalue weighted by Crippen LogP contribution is 2.45. The molecule has 1 aromatic rings. The largest absolute Gasteiger partial charge is 0.392 e. The highest BCUT2D eigenvalue weighted by atomic mass is 79.9. The lowest BCUT2D eigenvalue weighted by Gasteiger charge is -2.48. The zero-order valence-corrected chi connectivity index (χ0v) is 14.0. The quantitative estimate of drug-likeness (QED) is 0.817. The number of hydrogen-bond acceptors (Lipinski definition) is 3. The van der Waals surface area contributed by atoms with Crippen LogP contribution in [-0.2, 0) is 4.74 Å². The van der Waals surface area contributed by atoms with Crippen LogP contribution < -0.4 is 0 Å². The molecule has 0 bridgehead atoms. The topological polar surface area (TPSA) is 29.5 Å². The van der Waals surface area contributed by atoms with Crippen molar-refractivity contribution in [2.45, 2.75) is 48.7 Å². The molecule has 1 aromatic carbocycles. The molecule has 20 heavy (non-hydrogen) atoms. The lowest BCUT2D eigenvalue weighted by atomic mass is 9.71. The highest BCUT2D eigenvalue weighted by Gasteiger charge is 2.43. The summed E-state index contributed by atoms with van der Waals surface area (Å²) in [5.74, 6) is 1.17. The van der Waals surface area contributed by atoms with Gasteiger partial charge in [0.15, 0.2) is 0 Å². The molecule has 1 aliphatic heterocycles. The molecule has 1 heterocycles. The van der Waals surface area contributed by atoms with Gasteiger partial charge in [0.05, 0.1) is 11.7 Å². The molecule has 2 fully saturated rings. The molecule has 1 aliphatic carbocycles. The Kier molecular flexibility index (Phi) is 4.75. The number of halogens is 1. The molecule has 2 atom stereocenters. The first-order chi connectivity index (χ1) is 9.69. The smallest absolute Gasteiger partial charge is 0.0686 e. The van der Waals surface area contributed by atoms with E-state index in [1.54, 1.807) is 11.8 Å². The van der Waals surface area contributed by atoms with E-state index in [9.17, 15) is 5.11 Å². The third kappa shape index (κ3) is 3.24. The van der Waals surface area contributed by atoms with Gasteiger partial charge in [-0.15, -0.1) is 11.8 Å². The Morgan fingerprint density at radius 1 is 1.40 bits per heavy atom. The average molecular weight is 357 g/mol. The number of ether oxygens (including phenoxy) is 1. The Morgan fingerprint density at radius 3 is 2.90 bits per heavy atom. The first-order valence-corrected chi connectivity index (χ1v) is 9.16. The van der Waals surface area contributed by atoms with Gasteiger partial charge in [-0.05, 0) is 66.1 Å². The van der Waals surface area contributed by atoms with Gasteiger partial charge in [-0.1, -0.05) is 12.1 Å². The molecule has 110 valence electrons. The van der Waals surface area contributed by atoms with Crippen LogP contribution in [0.25, 0.3) is 0 Å². The van der Waals surface area contributed by atoms with Crippen molar-refractivity contribution < 1.29 is 9.84 Å². The van der Waals surface area contributed by atoms with Gasteiger partial charge in [0, 0.05) is 21.7 Å². The lowest BCUT2D eigenvalue weighted by Crippen LogP contribution is -2.48. The SMILES string of the molecule is OC(CSc1ccccc1Br)C1CCOC2(CCC2)C1. The molecule has 0 aromatic heterocycles. The van der Waals surface area contributed by atoms with Gasteiger partial charge in [0.1, 0.15) is 0 Å². The standard InChI is InChI=1S/C16H21BrO2S/c17-13-4-1-2-5-15(13)20-11-14(18)12-6-9-19-16(10-12)7-3-8-16/h1-2,4-5,12,14,18H,3,6-11H2. The van der Waals surface area contributed by atoms with Crippen LogP contribution in [0.5, 0.6) is 0 Å². The number of thioether (sulfide) groups is 1. The van der Waals surface area contributed by atoms with Crippen LogP contribution in [0, 0.1) is 5.92 Å². The van der Waals surface area contributed by atoms with Crippen LogP contribution in [0.15, 0.2) is 33.6 Å². The van der Waals surface area contributed by atoms with Crippen LogP contribution in [-0.4, -0.2) is 29.2 Å². The molecule has 1 spiro atoms. The minimum atomic E-state index is -0.228. The second-order valence-corrected chi connectivity index (χ2v) is 7.86. The first kappa shape index (κ1) is 14.9. The molecule has 0 radical (unpaired) electrons. The summed E-state index contributed by atoms with van der Waals surface area (Å²) in [6.07, 6.45) is 5.48. The van der Waals surface area contributed by atoms with E-state index in [1.807, 2.05) is 18.2 Å². The van der Waals surface area contributed by atoms with Crippen molar-refractivity contribution in [3.63, 3.8) is 0 Å². The van der Waals surface area contributed by atoms with Crippen molar-refractivity contribution in [3.8, 4) is 0 Å². The Morgan fingerprint density at radius 2 is 2.20 bits per heavy atom. The minimum absolute atomic E-state index is 0.127. The zero-order valence-electron chi connectivity index (χ0n) is 11.6. The Bertz CT molecular complexity index is 462. The van der Waals surface area contributed by atoms with Gasteiger partial charge in [-0.25, -0.2) is 0 Å². The molecule has 2 aliphatic rings. The predicted octanol–water partition coefficient (Wildman–Crippen LogP) is 4.25. The highest BCUT2D eigenvalue weighted by molar-refractivity contribution is 9.10. The zero-order chi connectivity index (χ0) is 14.0. The summed E-state index contributed by atoms with van der Waals surface area (Å²) in [6, 6.07) is 8.20. The molecule has 2 nitrogen and oxygen atoms in total. The van der Waals surface area contributed by atoms with Gasteiger partial charge in [-0.3, -0.25) is 0 Å². The normalized spacial score (nSPS) is 26.2. The first-order valence-electron chi connectivity index (χ1n) is 7.38. The fraction of sp³-hybridized carbons (Fsp3) is 0.625. The van der Waals surface area contributed by atoms with Crippen LogP contribution in [0.3, 0.4) is 0 Å². The predicted molar refractivity (Wildman–Crippen MR) is 86.1 cm³/mol. The summed E-state index contributed by atoms with van der Waals surface area (Å²) in [5.41, 5.74) is 0.127. The van der Waals surface area contributed by atoms with E-state index in [0.717, 1.165) is 29.7 Å². The number of benzene rings is 1. The number of aliphatic hydroxyl groups is 1. The maximum absolute atomic E-state index is 10.5. The molecular weight excluding hydrogens is 336 g/mol. The summed E-state index contributed by atoms with van der Waals surface area (Å²) >= 11 is 5.30. The molecule has 4 heteroatoms. The van der Waals surface area contributed by atoms with E-state index in [4.69, 9.17) is 4.74 Å². The van der Waals surface area contributed by atoms with Gasteiger partial charge >= 0.3 is 0 Å². The van der Waals surface area contributed by atoms with Crippen molar-refractivity contribution in [3.05, 3.63) is 28.7 Å². The van der Waals surface area contributed by atoms with E-state index in [2.05, 4.69) is 22.0 Å². The summed E-state index contributed by atoms with van der Waals surface area (Å²) in [4.78, 5) is 1.21. The third-order valence-corrected chi connectivity index (χ3v) is 6.72. The third-order valence-electron chi connectivity index (χ3n) is 4.59. The van der Waals surface area contributed by atoms with Crippen molar-refractivity contribution in [1.29, 1.82) is 0 Å². The molecule has 0 amide bonds. The molecule has 1 N–H and O–H groups in total. The van der Waals surface area contributed by atoms with Crippen LogP contribution >= 0.6 is 27.7 Å². The van der Waals surface area contributed by atoms with E-state index in [0.29, 0.717) is 5.92 Å². The fourth-order valence-corrected chi connectivity index (χ4v) is 4.82. The Hall–Kier alpha value is -0.0300. The van der Waals surface area contributed by atoms with Crippen LogP contribution in [0.2, 0.25) is 0 Å². The van der Waals surface area contributed by atoms with Gasteiger partial charge in [-0.2, -0.15) is 0 Å². The van der Waals surface area contributed by atoms with E-state index in [-0.39, 0.29) is 11.7 Å². The van der Waals surface area contributed by atoms with Crippen LogP contribution in [0.1, 0.15) is 32.1 Å². The summed E-state index contributed by atoms with van der Waals surface area (Å²) in [7, 11) is 0. The maximum Gasteiger partial charge on any atom is 0.0686 e. The summed E-state index contributed by atoms with van der Waals surface area (Å²) in [6.45, 7) is 0.821. The second-order valence-electron chi connectivity index (χ2n) is 5.95. The molecular formula is C16H21BrO2S. The molecule has 2 unspecified atom stereocenters. The van der Waals surface area contributed by atoms with E-state index < -0.39 is 0 Å². The van der Waals surface area contributed by atoms with Crippen LogP contribution in [0.4, 0.5) is 0 Å². The van der Waals surface area contributed by atoms with E-state index >= 15 is 0 Å². The lowest BCUT2D eigenvalue weighted by molar-refractivity contribution is -0.154. The second kappa shape index (κ2) is 6.39. The van der Waals surface area contributed by atoms with Crippen molar-refractivity contribution in [2.24, 2.45) is 5.92 Å². The molecule has 1 saturated carbocycles. The van der Waals surface area contributed by atoms with Gasteiger partial charge in [0.25, 0.3) is 0 Å². The minimum Gasteiger partial charge on any atom is -0.392 e. The monoisotopic (exact) mass is 356 g/mol. The average Bonchev–Trinajstić information content (AvgIpc) is 2.44. The number of rotatable bonds is 4. The van der Waals surface area contributed by atoms with Crippen molar-refractivity contribution in [1.82, 2.24) is 0 Å². The number of hydrogen-bond donors (Lipinski definition) is 1. The van der Waals surface area contributed by atoms with Crippen molar-refractivity contribution >= 4 is 27.7 Å². The van der Waals surface area contributed by atoms with Gasteiger partial charge < -0.3 is 9.84 Å². The summed E-state index contributed by atoms with van der Waals surface area (Å²) in [5, 5.41) is 10.5. The molecule has 1 saturated heterocycles.